The second-order valence-electron chi connectivity index (χ2n) is 9.51. The van der Waals surface area contributed by atoms with Gasteiger partial charge in [0.15, 0.2) is 0 Å². The van der Waals surface area contributed by atoms with E-state index in [1.807, 2.05) is 32.3 Å². The van der Waals surface area contributed by atoms with Gasteiger partial charge in [0.1, 0.15) is 6.04 Å². The van der Waals surface area contributed by atoms with E-state index in [-0.39, 0.29) is 23.8 Å². The van der Waals surface area contributed by atoms with E-state index in [1.165, 1.54) is 12.0 Å². The summed E-state index contributed by atoms with van der Waals surface area (Å²) in [6, 6.07) is 9.87. The first-order valence-corrected chi connectivity index (χ1v) is 11.6. The van der Waals surface area contributed by atoms with Gasteiger partial charge < -0.3 is 15.5 Å². The minimum atomic E-state index is -0.461. The smallest absolute Gasteiger partial charge is 0.242 e. The predicted octanol–water partition coefficient (Wildman–Crippen LogP) is 3.78. The molecule has 1 fully saturated rings. The minimum absolute atomic E-state index is 0.0449. The molecular formula is C25H41N3O2. The van der Waals surface area contributed by atoms with E-state index in [2.05, 4.69) is 41.5 Å². The third-order valence-corrected chi connectivity index (χ3v) is 5.91. The van der Waals surface area contributed by atoms with E-state index in [0.29, 0.717) is 12.3 Å². The SMILES string of the molecule is CC(C)C[C@@H](NC(=O)C1CCCCC1)C(=O)N[C@@H](CCN(C)C)Cc1ccccc1. The van der Waals surface area contributed by atoms with Crippen molar-refractivity contribution in [3.8, 4) is 0 Å². The van der Waals surface area contributed by atoms with Crippen LogP contribution in [0.4, 0.5) is 0 Å². The topological polar surface area (TPSA) is 61.4 Å². The molecule has 0 bridgehead atoms. The van der Waals surface area contributed by atoms with Crippen LogP contribution in [0.25, 0.3) is 0 Å². The molecule has 0 aliphatic heterocycles. The van der Waals surface area contributed by atoms with E-state index < -0.39 is 6.04 Å². The maximum absolute atomic E-state index is 13.2. The number of carbonyl (C=O) groups is 2. The van der Waals surface area contributed by atoms with E-state index in [0.717, 1.165) is 45.1 Å². The number of carbonyl (C=O) groups excluding carboxylic acids is 2. The average Bonchev–Trinajstić information content (AvgIpc) is 2.72. The monoisotopic (exact) mass is 415 g/mol. The van der Waals surface area contributed by atoms with E-state index in [9.17, 15) is 9.59 Å². The fourth-order valence-corrected chi connectivity index (χ4v) is 4.20. The number of amides is 2. The molecule has 1 aliphatic rings. The molecule has 5 nitrogen and oxygen atoms in total. The Hall–Kier alpha value is -1.88. The van der Waals surface area contributed by atoms with Gasteiger partial charge in [-0.3, -0.25) is 9.59 Å². The standard InChI is InChI=1S/C25H41N3O2/c1-19(2)17-23(27-24(29)21-13-9-6-10-14-21)25(30)26-22(15-16-28(3)4)18-20-11-7-5-8-12-20/h5,7-8,11-12,19,21-23H,6,9-10,13-18H2,1-4H3,(H,26,30)(H,27,29)/t22-,23+/m0/s1. The van der Waals surface area contributed by atoms with Gasteiger partial charge >= 0.3 is 0 Å². The summed E-state index contributed by atoms with van der Waals surface area (Å²) in [6.45, 7) is 5.10. The summed E-state index contributed by atoms with van der Waals surface area (Å²) in [7, 11) is 4.10. The Morgan fingerprint density at radius 1 is 1.03 bits per heavy atom. The highest BCUT2D eigenvalue weighted by molar-refractivity contribution is 5.88. The Morgan fingerprint density at radius 3 is 2.30 bits per heavy atom. The highest BCUT2D eigenvalue weighted by Gasteiger charge is 2.28. The molecule has 5 heteroatoms. The van der Waals surface area contributed by atoms with E-state index in [1.54, 1.807) is 0 Å². The van der Waals surface area contributed by atoms with Crippen LogP contribution in [-0.2, 0) is 16.0 Å². The molecule has 0 spiro atoms. The van der Waals surface area contributed by atoms with Gasteiger partial charge in [0.05, 0.1) is 0 Å². The molecule has 1 aromatic rings. The second kappa shape index (κ2) is 12.7. The van der Waals surface area contributed by atoms with Crippen LogP contribution >= 0.6 is 0 Å². The van der Waals surface area contributed by atoms with E-state index >= 15 is 0 Å². The first-order chi connectivity index (χ1) is 14.3. The van der Waals surface area contributed by atoms with Crippen LogP contribution in [0.15, 0.2) is 30.3 Å². The molecule has 1 aromatic carbocycles. The number of rotatable bonds is 11. The summed E-state index contributed by atoms with van der Waals surface area (Å²) in [5.41, 5.74) is 1.22. The summed E-state index contributed by atoms with van der Waals surface area (Å²) in [4.78, 5) is 28.1. The lowest BCUT2D eigenvalue weighted by atomic mass is 9.88. The van der Waals surface area contributed by atoms with Gasteiger partial charge in [-0.2, -0.15) is 0 Å². The van der Waals surface area contributed by atoms with Crippen molar-refractivity contribution in [1.82, 2.24) is 15.5 Å². The molecule has 30 heavy (non-hydrogen) atoms. The maximum atomic E-state index is 13.2. The molecule has 2 rings (SSSR count). The molecule has 0 aromatic heterocycles. The molecule has 168 valence electrons. The van der Waals surface area contributed by atoms with Crippen LogP contribution in [0.2, 0.25) is 0 Å². The largest absolute Gasteiger partial charge is 0.351 e. The van der Waals surface area contributed by atoms with Crippen molar-refractivity contribution in [2.45, 2.75) is 77.3 Å². The third kappa shape index (κ3) is 8.86. The van der Waals surface area contributed by atoms with Crippen molar-refractivity contribution in [3.63, 3.8) is 0 Å². The molecule has 0 radical (unpaired) electrons. The normalized spacial score (nSPS) is 17.0. The van der Waals surface area contributed by atoms with Crippen molar-refractivity contribution < 1.29 is 9.59 Å². The first kappa shape index (κ1) is 24.4. The number of nitrogens with one attached hydrogen (secondary N) is 2. The van der Waals surface area contributed by atoms with Gasteiger partial charge in [-0.1, -0.05) is 63.4 Å². The van der Waals surface area contributed by atoms with Crippen molar-refractivity contribution in [1.29, 1.82) is 0 Å². The Balaban J connectivity index is 2.03. The van der Waals surface area contributed by atoms with Gasteiger partial charge in [0.2, 0.25) is 11.8 Å². The molecular weight excluding hydrogens is 374 g/mol. The zero-order chi connectivity index (χ0) is 21.9. The van der Waals surface area contributed by atoms with Crippen LogP contribution in [0.5, 0.6) is 0 Å². The summed E-state index contributed by atoms with van der Waals surface area (Å²) in [6.07, 6.45) is 7.67. The van der Waals surface area contributed by atoms with Crippen LogP contribution in [0, 0.1) is 11.8 Å². The van der Waals surface area contributed by atoms with Gasteiger partial charge in [0, 0.05) is 12.0 Å². The highest BCUT2D eigenvalue weighted by Crippen LogP contribution is 2.24. The van der Waals surface area contributed by atoms with Crippen LogP contribution in [0.1, 0.15) is 64.4 Å². The van der Waals surface area contributed by atoms with Gasteiger partial charge in [-0.05, 0) is 64.2 Å². The summed E-state index contributed by atoms with van der Waals surface area (Å²) in [5.74, 6) is 0.410. The number of hydrogen-bond donors (Lipinski definition) is 2. The zero-order valence-corrected chi connectivity index (χ0v) is 19.3. The predicted molar refractivity (Wildman–Crippen MR) is 123 cm³/mol. The number of benzene rings is 1. The third-order valence-electron chi connectivity index (χ3n) is 5.91. The van der Waals surface area contributed by atoms with Crippen LogP contribution < -0.4 is 10.6 Å². The van der Waals surface area contributed by atoms with Gasteiger partial charge in [0.25, 0.3) is 0 Å². The quantitative estimate of drug-likeness (QED) is 0.578. The fraction of sp³-hybridized carbons (Fsp3) is 0.680. The zero-order valence-electron chi connectivity index (χ0n) is 19.3. The molecule has 0 heterocycles. The average molecular weight is 416 g/mol. The summed E-state index contributed by atoms with van der Waals surface area (Å²) < 4.78 is 0. The molecule has 0 unspecified atom stereocenters. The van der Waals surface area contributed by atoms with Gasteiger partial charge in [-0.25, -0.2) is 0 Å². The molecule has 0 saturated heterocycles. The Bertz CT molecular complexity index is 639. The van der Waals surface area contributed by atoms with Crippen LogP contribution in [-0.4, -0.2) is 49.4 Å². The van der Waals surface area contributed by atoms with Crippen molar-refractivity contribution in [3.05, 3.63) is 35.9 Å². The molecule has 2 atom stereocenters. The maximum Gasteiger partial charge on any atom is 0.242 e. The van der Waals surface area contributed by atoms with Gasteiger partial charge in [-0.15, -0.1) is 0 Å². The number of hydrogen-bond acceptors (Lipinski definition) is 3. The lowest BCUT2D eigenvalue weighted by molar-refractivity contribution is -0.132. The second-order valence-corrected chi connectivity index (χ2v) is 9.51. The Morgan fingerprint density at radius 2 is 1.70 bits per heavy atom. The van der Waals surface area contributed by atoms with Crippen molar-refractivity contribution in [2.75, 3.05) is 20.6 Å². The van der Waals surface area contributed by atoms with Crippen LogP contribution in [0.3, 0.4) is 0 Å². The lowest BCUT2D eigenvalue weighted by Crippen LogP contribution is -2.52. The highest BCUT2D eigenvalue weighted by atomic mass is 16.2. The number of nitrogens with zero attached hydrogens (tertiary/aromatic N) is 1. The molecule has 2 amide bonds. The summed E-state index contributed by atoms with van der Waals surface area (Å²) in [5, 5.41) is 6.34. The molecule has 1 saturated carbocycles. The van der Waals surface area contributed by atoms with E-state index in [4.69, 9.17) is 0 Å². The van der Waals surface area contributed by atoms with Crippen molar-refractivity contribution in [2.24, 2.45) is 11.8 Å². The summed E-state index contributed by atoms with van der Waals surface area (Å²) >= 11 is 0. The Kier molecular flexibility index (Phi) is 10.4. The molecule has 1 aliphatic carbocycles. The lowest BCUT2D eigenvalue weighted by Gasteiger charge is -2.28. The fourth-order valence-electron chi connectivity index (χ4n) is 4.20. The Labute approximate surface area is 183 Å². The molecule has 2 N–H and O–H groups in total. The minimum Gasteiger partial charge on any atom is -0.351 e. The first-order valence-electron chi connectivity index (χ1n) is 11.6. The van der Waals surface area contributed by atoms with Crippen molar-refractivity contribution >= 4 is 11.8 Å².